The fraction of sp³-hybridized carbons (Fsp3) is 0.409. The van der Waals surface area contributed by atoms with Crippen molar-refractivity contribution in [3.63, 3.8) is 0 Å². The zero-order valence-electron chi connectivity index (χ0n) is 16.8. The third-order valence-corrected chi connectivity index (χ3v) is 6.41. The van der Waals surface area contributed by atoms with Gasteiger partial charge in [0.2, 0.25) is 5.91 Å². The second kappa shape index (κ2) is 10.1. The van der Waals surface area contributed by atoms with Crippen LogP contribution in [-0.2, 0) is 4.79 Å². The first-order valence-electron chi connectivity index (χ1n) is 9.93. The molecule has 0 saturated heterocycles. The topological polar surface area (TPSA) is 64.0 Å². The Morgan fingerprint density at radius 3 is 2.86 bits per heavy atom. The quantitative estimate of drug-likeness (QED) is 0.510. The van der Waals surface area contributed by atoms with Crippen LogP contribution < -0.4 is 10.9 Å². The Balaban J connectivity index is 1.61. The van der Waals surface area contributed by atoms with E-state index in [1.54, 1.807) is 18.2 Å². The van der Waals surface area contributed by atoms with Crippen molar-refractivity contribution in [3.8, 4) is 5.69 Å². The van der Waals surface area contributed by atoms with E-state index in [0.29, 0.717) is 22.3 Å². The molecule has 2 aromatic rings. The minimum absolute atomic E-state index is 0.0238. The van der Waals surface area contributed by atoms with Crippen LogP contribution in [0.2, 0.25) is 5.02 Å². The van der Waals surface area contributed by atoms with Gasteiger partial charge in [-0.3, -0.25) is 9.59 Å². The molecule has 1 amide bonds. The third-order valence-electron chi connectivity index (χ3n) is 4.97. The molecule has 1 aromatic heterocycles. The van der Waals surface area contributed by atoms with E-state index in [9.17, 15) is 9.59 Å². The van der Waals surface area contributed by atoms with E-state index in [-0.39, 0.29) is 16.7 Å². The third kappa shape index (κ3) is 5.97. The van der Waals surface area contributed by atoms with Crippen LogP contribution in [0.1, 0.15) is 44.6 Å². The van der Waals surface area contributed by atoms with Gasteiger partial charge in [-0.05, 0) is 69.7 Å². The van der Waals surface area contributed by atoms with Gasteiger partial charge in [-0.1, -0.05) is 41.1 Å². The lowest BCUT2D eigenvalue weighted by molar-refractivity contribution is -0.120. The summed E-state index contributed by atoms with van der Waals surface area (Å²) in [6.45, 7) is 4.41. The molecule has 0 fully saturated rings. The van der Waals surface area contributed by atoms with Crippen molar-refractivity contribution in [1.29, 1.82) is 0 Å². The molecule has 1 aliphatic rings. The van der Waals surface area contributed by atoms with E-state index in [4.69, 9.17) is 11.6 Å². The molecule has 0 radical (unpaired) electrons. The maximum absolute atomic E-state index is 12.4. The SMILES string of the molecule is Cc1ccc(-n2nc(SC(C)C(=O)NCCC3=CCCCC3)ccc2=O)cc1Cl. The molecule has 0 aliphatic heterocycles. The lowest BCUT2D eigenvalue weighted by Gasteiger charge is -2.15. The Hall–Kier alpha value is -2.05. The Labute approximate surface area is 180 Å². The maximum atomic E-state index is 12.4. The predicted octanol–water partition coefficient (Wildman–Crippen LogP) is 4.68. The Kier molecular flexibility index (Phi) is 7.56. The number of thioether (sulfide) groups is 1. The van der Waals surface area contributed by atoms with Crippen molar-refractivity contribution < 1.29 is 4.79 Å². The number of aryl methyl sites for hydroxylation is 1. The van der Waals surface area contributed by atoms with Crippen LogP contribution in [0.4, 0.5) is 0 Å². The first-order chi connectivity index (χ1) is 13.9. The van der Waals surface area contributed by atoms with Crippen LogP contribution in [0, 0.1) is 6.92 Å². The summed E-state index contributed by atoms with van der Waals surface area (Å²) in [6, 6.07) is 8.48. The highest BCUT2D eigenvalue weighted by Gasteiger charge is 2.16. The van der Waals surface area contributed by atoms with Crippen LogP contribution in [0.3, 0.4) is 0 Å². The molecule has 29 heavy (non-hydrogen) atoms. The number of hydrogen-bond donors (Lipinski definition) is 1. The average molecular weight is 432 g/mol. The summed E-state index contributed by atoms with van der Waals surface area (Å²) in [7, 11) is 0. The van der Waals surface area contributed by atoms with Gasteiger partial charge in [-0.15, -0.1) is 0 Å². The summed E-state index contributed by atoms with van der Waals surface area (Å²) in [5.74, 6) is -0.0238. The summed E-state index contributed by atoms with van der Waals surface area (Å²) >= 11 is 7.51. The van der Waals surface area contributed by atoms with Crippen LogP contribution >= 0.6 is 23.4 Å². The number of halogens is 1. The number of allylic oxidation sites excluding steroid dienone is 1. The van der Waals surface area contributed by atoms with Crippen molar-refractivity contribution in [2.24, 2.45) is 0 Å². The lowest BCUT2D eigenvalue weighted by Crippen LogP contribution is -2.32. The first-order valence-corrected chi connectivity index (χ1v) is 11.2. The predicted molar refractivity (Wildman–Crippen MR) is 119 cm³/mol. The number of hydrogen-bond acceptors (Lipinski definition) is 4. The van der Waals surface area contributed by atoms with Crippen molar-refractivity contribution in [2.75, 3.05) is 6.54 Å². The molecule has 7 heteroatoms. The number of aromatic nitrogens is 2. The standard InChI is InChI=1S/C22H26ClN3O2S/c1-15-8-9-18(14-19(15)23)26-21(27)11-10-20(25-26)29-16(2)22(28)24-13-12-17-6-4-3-5-7-17/h6,8-11,14,16H,3-5,7,12-13H2,1-2H3,(H,24,28). The zero-order valence-corrected chi connectivity index (χ0v) is 18.4. The molecule has 1 atom stereocenters. The molecule has 1 N–H and O–H groups in total. The van der Waals surface area contributed by atoms with E-state index in [0.717, 1.165) is 24.8 Å². The molecule has 1 aliphatic carbocycles. The summed E-state index contributed by atoms with van der Waals surface area (Å²) in [6.07, 6.45) is 8.05. The van der Waals surface area contributed by atoms with Crippen molar-refractivity contribution in [2.45, 2.75) is 56.2 Å². The summed E-state index contributed by atoms with van der Waals surface area (Å²) in [5, 5.41) is 8.29. The van der Waals surface area contributed by atoms with Crippen molar-refractivity contribution >= 4 is 29.3 Å². The van der Waals surface area contributed by atoms with E-state index < -0.39 is 0 Å². The molecular formula is C22H26ClN3O2S. The van der Waals surface area contributed by atoms with E-state index in [1.807, 2.05) is 19.9 Å². The van der Waals surface area contributed by atoms with Gasteiger partial charge >= 0.3 is 0 Å². The van der Waals surface area contributed by atoms with E-state index >= 15 is 0 Å². The van der Waals surface area contributed by atoms with Crippen molar-refractivity contribution in [3.05, 3.63) is 62.9 Å². The molecule has 3 rings (SSSR count). The minimum atomic E-state index is -0.310. The fourth-order valence-corrected chi connectivity index (χ4v) is 4.21. The smallest absolute Gasteiger partial charge is 0.271 e. The number of nitrogens with zero attached hydrogens (tertiary/aromatic N) is 2. The van der Waals surface area contributed by atoms with Gasteiger partial charge in [0.25, 0.3) is 5.56 Å². The van der Waals surface area contributed by atoms with Gasteiger partial charge in [0, 0.05) is 17.6 Å². The Morgan fingerprint density at radius 2 is 2.14 bits per heavy atom. The zero-order chi connectivity index (χ0) is 20.8. The maximum Gasteiger partial charge on any atom is 0.271 e. The van der Waals surface area contributed by atoms with Gasteiger partial charge < -0.3 is 5.32 Å². The monoisotopic (exact) mass is 431 g/mol. The highest BCUT2D eigenvalue weighted by atomic mass is 35.5. The number of benzene rings is 1. The molecule has 0 bridgehead atoms. The summed E-state index contributed by atoms with van der Waals surface area (Å²) in [4.78, 5) is 24.7. The van der Waals surface area contributed by atoms with Crippen LogP contribution in [0.15, 0.2) is 51.8 Å². The number of rotatable bonds is 7. The van der Waals surface area contributed by atoms with Gasteiger partial charge in [0.1, 0.15) is 5.03 Å². The molecular weight excluding hydrogens is 406 g/mol. The molecule has 5 nitrogen and oxygen atoms in total. The molecule has 1 heterocycles. The molecule has 1 aromatic carbocycles. The largest absolute Gasteiger partial charge is 0.355 e. The van der Waals surface area contributed by atoms with Crippen LogP contribution in [-0.4, -0.2) is 27.5 Å². The van der Waals surface area contributed by atoms with E-state index in [2.05, 4.69) is 16.5 Å². The van der Waals surface area contributed by atoms with Gasteiger partial charge in [0.15, 0.2) is 0 Å². The molecule has 1 unspecified atom stereocenters. The average Bonchev–Trinajstić information content (AvgIpc) is 2.72. The Bertz CT molecular complexity index is 971. The first kappa shape index (κ1) is 21.7. The molecule has 0 saturated carbocycles. The van der Waals surface area contributed by atoms with Crippen LogP contribution in [0.5, 0.6) is 0 Å². The lowest BCUT2D eigenvalue weighted by atomic mass is 9.97. The summed E-state index contributed by atoms with van der Waals surface area (Å²) < 4.78 is 1.31. The summed E-state index contributed by atoms with van der Waals surface area (Å²) in [5.41, 5.74) is 2.74. The second-order valence-corrected chi connectivity index (χ2v) is 9.03. The highest BCUT2D eigenvalue weighted by Crippen LogP contribution is 2.23. The number of amides is 1. The van der Waals surface area contributed by atoms with E-state index in [1.165, 1.54) is 40.9 Å². The number of carbonyl (C=O) groups is 1. The van der Waals surface area contributed by atoms with Gasteiger partial charge in [-0.25, -0.2) is 0 Å². The van der Waals surface area contributed by atoms with Gasteiger partial charge in [0.05, 0.1) is 10.9 Å². The Morgan fingerprint density at radius 1 is 1.31 bits per heavy atom. The second-order valence-electron chi connectivity index (χ2n) is 7.26. The highest BCUT2D eigenvalue weighted by molar-refractivity contribution is 8.00. The van der Waals surface area contributed by atoms with Crippen LogP contribution in [0.25, 0.3) is 5.69 Å². The molecule has 0 spiro atoms. The normalized spacial score (nSPS) is 14.9. The number of nitrogens with one attached hydrogen (secondary N) is 1. The molecule has 154 valence electrons. The minimum Gasteiger partial charge on any atom is -0.355 e. The van der Waals surface area contributed by atoms with Crippen molar-refractivity contribution in [1.82, 2.24) is 15.1 Å². The van der Waals surface area contributed by atoms with Gasteiger partial charge in [-0.2, -0.15) is 9.78 Å². The number of carbonyl (C=O) groups excluding carboxylic acids is 1. The fourth-order valence-electron chi connectivity index (χ4n) is 3.21.